The molecule has 0 heterocycles. The first kappa shape index (κ1) is 9.70. The molecular weight excluding hydrogens is 172 g/mol. The van der Waals surface area contributed by atoms with Crippen molar-refractivity contribution >= 4 is 5.78 Å². The molecule has 1 nitrogen and oxygen atoms in total. The SMILES string of the molecule is CC=CC(=O)C1=C(C)CCCC12CC2. The third-order valence-electron chi connectivity index (χ3n) is 3.58. The Kier molecular flexibility index (Phi) is 2.34. The van der Waals surface area contributed by atoms with E-state index < -0.39 is 0 Å². The van der Waals surface area contributed by atoms with Crippen LogP contribution in [0.4, 0.5) is 0 Å². The van der Waals surface area contributed by atoms with E-state index in [-0.39, 0.29) is 5.78 Å². The van der Waals surface area contributed by atoms with Gasteiger partial charge in [-0.3, -0.25) is 4.79 Å². The fourth-order valence-corrected chi connectivity index (χ4v) is 2.75. The van der Waals surface area contributed by atoms with Crippen molar-refractivity contribution in [3.63, 3.8) is 0 Å². The molecular formula is C13H18O. The summed E-state index contributed by atoms with van der Waals surface area (Å²) in [4.78, 5) is 11.9. The minimum atomic E-state index is 0.266. The number of hydrogen-bond acceptors (Lipinski definition) is 1. The molecule has 2 rings (SSSR count). The van der Waals surface area contributed by atoms with Gasteiger partial charge >= 0.3 is 0 Å². The van der Waals surface area contributed by atoms with Gasteiger partial charge in [0, 0.05) is 5.57 Å². The molecule has 0 radical (unpaired) electrons. The van der Waals surface area contributed by atoms with E-state index in [1.165, 1.54) is 31.3 Å². The van der Waals surface area contributed by atoms with Gasteiger partial charge in [-0.05, 0) is 57.4 Å². The summed E-state index contributed by atoms with van der Waals surface area (Å²) >= 11 is 0. The van der Waals surface area contributed by atoms with Crippen LogP contribution in [0.5, 0.6) is 0 Å². The monoisotopic (exact) mass is 190 g/mol. The van der Waals surface area contributed by atoms with Crippen molar-refractivity contribution in [2.45, 2.75) is 46.0 Å². The summed E-state index contributed by atoms with van der Waals surface area (Å²) in [5, 5.41) is 0. The van der Waals surface area contributed by atoms with E-state index in [9.17, 15) is 4.79 Å². The largest absolute Gasteiger partial charge is 0.290 e. The lowest BCUT2D eigenvalue weighted by molar-refractivity contribution is -0.112. The van der Waals surface area contributed by atoms with E-state index in [0.717, 1.165) is 12.0 Å². The summed E-state index contributed by atoms with van der Waals surface area (Å²) in [7, 11) is 0. The third-order valence-corrected chi connectivity index (χ3v) is 3.58. The van der Waals surface area contributed by atoms with Gasteiger partial charge in [0.05, 0.1) is 0 Å². The lowest BCUT2D eigenvalue weighted by Crippen LogP contribution is -2.18. The highest BCUT2D eigenvalue weighted by Gasteiger charge is 2.49. The minimum absolute atomic E-state index is 0.266. The van der Waals surface area contributed by atoms with E-state index in [4.69, 9.17) is 0 Å². The minimum Gasteiger partial charge on any atom is -0.290 e. The molecule has 1 fully saturated rings. The molecule has 14 heavy (non-hydrogen) atoms. The molecule has 0 bridgehead atoms. The molecule has 0 aromatic rings. The molecule has 0 atom stereocenters. The maximum Gasteiger partial charge on any atom is 0.181 e. The second-order valence-electron chi connectivity index (χ2n) is 4.65. The fourth-order valence-electron chi connectivity index (χ4n) is 2.75. The van der Waals surface area contributed by atoms with Crippen LogP contribution in [-0.4, -0.2) is 5.78 Å². The smallest absolute Gasteiger partial charge is 0.181 e. The Morgan fingerprint density at radius 3 is 2.64 bits per heavy atom. The zero-order valence-corrected chi connectivity index (χ0v) is 9.10. The average molecular weight is 190 g/mol. The van der Waals surface area contributed by atoms with Crippen LogP contribution in [0.1, 0.15) is 46.0 Å². The fraction of sp³-hybridized carbons (Fsp3) is 0.615. The summed E-state index contributed by atoms with van der Waals surface area (Å²) in [5.41, 5.74) is 2.82. The zero-order valence-electron chi connectivity index (χ0n) is 9.10. The molecule has 0 aromatic heterocycles. The summed E-state index contributed by atoms with van der Waals surface area (Å²) in [6, 6.07) is 0. The third kappa shape index (κ3) is 1.45. The van der Waals surface area contributed by atoms with Crippen molar-refractivity contribution in [3.8, 4) is 0 Å². The summed E-state index contributed by atoms with van der Waals surface area (Å²) in [6.45, 7) is 4.05. The van der Waals surface area contributed by atoms with Crippen LogP contribution in [0.15, 0.2) is 23.3 Å². The van der Waals surface area contributed by atoms with Crippen molar-refractivity contribution in [1.29, 1.82) is 0 Å². The van der Waals surface area contributed by atoms with Gasteiger partial charge < -0.3 is 0 Å². The van der Waals surface area contributed by atoms with Crippen molar-refractivity contribution in [3.05, 3.63) is 23.3 Å². The summed E-state index contributed by atoms with van der Waals surface area (Å²) in [6.07, 6.45) is 9.70. The highest BCUT2D eigenvalue weighted by Crippen LogP contribution is 2.59. The Bertz CT molecular complexity index is 316. The predicted molar refractivity (Wildman–Crippen MR) is 58.0 cm³/mol. The lowest BCUT2D eigenvalue weighted by Gasteiger charge is -2.25. The summed E-state index contributed by atoms with van der Waals surface area (Å²) < 4.78 is 0. The Morgan fingerprint density at radius 1 is 1.36 bits per heavy atom. The van der Waals surface area contributed by atoms with E-state index in [0.29, 0.717) is 5.41 Å². The molecule has 1 spiro atoms. The van der Waals surface area contributed by atoms with Crippen molar-refractivity contribution < 1.29 is 4.79 Å². The normalized spacial score (nSPS) is 24.7. The number of allylic oxidation sites excluding steroid dienone is 4. The Balaban J connectivity index is 2.33. The number of ketones is 1. The van der Waals surface area contributed by atoms with Crippen molar-refractivity contribution in [2.75, 3.05) is 0 Å². The standard InChI is InChI=1S/C13H18O/c1-3-5-11(14)12-10(2)6-4-7-13(12)8-9-13/h3,5H,4,6-9H2,1-2H3. The predicted octanol–water partition coefficient (Wildman–Crippen LogP) is 3.41. The first-order valence-corrected chi connectivity index (χ1v) is 5.57. The molecule has 0 amide bonds. The van der Waals surface area contributed by atoms with E-state index >= 15 is 0 Å². The second-order valence-corrected chi connectivity index (χ2v) is 4.65. The van der Waals surface area contributed by atoms with Gasteiger partial charge in [-0.25, -0.2) is 0 Å². The van der Waals surface area contributed by atoms with Gasteiger partial charge in [0.1, 0.15) is 0 Å². The molecule has 0 saturated heterocycles. The summed E-state index contributed by atoms with van der Waals surface area (Å²) in [5.74, 6) is 0.266. The molecule has 0 unspecified atom stereocenters. The first-order chi connectivity index (χ1) is 6.69. The van der Waals surface area contributed by atoms with Crippen LogP contribution in [0.2, 0.25) is 0 Å². The number of carbonyl (C=O) groups excluding carboxylic acids is 1. The van der Waals surface area contributed by atoms with Crippen molar-refractivity contribution in [1.82, 2.24) is 0 Å². The van der Waals surface area contributed by atoms with Gasteiger partial charge in [0.2, 0.25) is 0 Å². The van der Waals surface area contributed by atoms with Gasteiger partial charge in [0.15, 0.2) is 5.78 Å². The highest BCUT2D eigenvalue weighted by molar-refractivity contribution is 6.06. The number of carbonyl (C=O) groups is 1. The lowest BCUT2D eigenvalue weighted by atomic mass is 9.78. The average Bonchev–Trinajstić information content (AvgIpc) is 2.85. The van der Waals surface area contributed by atoms with Crippen molar-refractivity contribution in [2.24, 2.45) is 5.41 Å². The highest BCUT2D eigenvalue weighted by atomic mass is 16.1. The second kappa shape index (κ2) is 3.38. The van der Waals surface area contributed by atoms with Gasteiger partial charge in [-0.1, -0.05) is 11.6 Å². The molecule has 0 aliphatic heterocycles. The van der Waals surface area contributed by atoms with Crippen LogP contribution in [0, 0.1) is 5.41 Å². The van der Waals surface area contributed by atoms with Crippen LogP contribution >= 0.6 is 0 Å². The molecule has 2 aliphatic rings. The van der Waals surface area contributed by atoms with E-state index in [1.807, 2.05) is 13.0 Å². The molecule has 76 valence electrons. The quantitative estimate of drug-likeness (QED) is 0.610. The van der Waals surface area contributed by atoms with Gasteiger partial charge in [0.25, 0.3) is 0 Å². The molecule has 0 N–H and O–H groups in total. The van der Waals surface area contributed by atoms with Crippen LogP contribution in [0.25, 0.3) is 0 Å². The van der Waals surface area contributed by atoms with Gasteiger partial charge in [-0.2, -0.15) is 0 Å². The first-order valence-electron chi connectivity index (χ1n) is 5.57. The van der Waals surface area contributed by atoms with Crippen LogP contribution < -0.4 is 0 Å². The van der Waals surface area contributed by atoms with Gasteiger partial charge in [-0.15, -0.1) is 0 Å². The number of rotatable bonds is 2. The Hall–Kier alpha value is -0.850. The molecule has 1 saturated carbocycles. The topological polar surface area (TPSA) is 17.1 Å². The Morgan fingerprint density at radius 2 is 2.07 bits per heavy atom. The molecule has 1 heteroatoms. The molecule has 0 aromatic carbocycles. The maximum atomic E-state index is 11.9. The number of hydrogen-bond donors (Lipinski definition) is 0. The Labute approximate surface area is 85.9 Å². The maximum absolute atomic E-state index is 11.9. The van der Waals surface area contributed by atoms with E-state index in [2.05, 4.69) is 6.92 Å². The zero-order chi connectivity index (χ0) is 10.2. The van der Waals surface area contributed by atoms with Crippen LogP contribution in [0.3, 0.4) is 0 Å². The molecule has 2 aliphatic carbocycles. The van der Waals surface area contributed by atoms with Crippen LogP contribution in [-0.2, 0) is 4.79 Å². The van der Waals surface area contributed by atoms with E-state index in [1.54, 1.807) is 6.08 Å².